The van der Waals surface area contributed by atoms with Crippen molar-refractivity contribution < 1.29 is 33.3 Å². The van der Waals surface area contributed by atoms with Gasteiger partial charge in [0, 0.05) is 19.0 Å². The van der Waals surface area contributed by atoms with Crippen molar-refractivity contribution in [2.75, 3.05) is 14.2 Å². The lowest BCUT2D eigenvalue weighted by Gasteiger charge is -2.33. The first kappa shape index (κ1) is 25.8. The molecule has 3 atom stereocenters. The van der Waals surface area contributed by atoms with Crippen molar-refractivity contribution in [1.29, 1.82) is 0 Å². The van der Waals surface area contributed by atoms with Gasteiger partial charge in [-0.15, -0.1) is 0 Å². The second kappa shape index (κ2) is 10.2. The molecule has 0 saturated carbocycles. The minimum absolute atomic E-state index is 0.101. The lowest BCUT2D eigenvalue weighted by atomic mass is 9.77. The summed E-state index contributed by atoms with van der Waals surface area (Å²) in [7, 11) is 2.41. The second-order valence-corrected chi connectivity index (χ2v) is 9.20. The summed E-state index contributed by atoms with van der Waals surface area (Å²) >= 11 is 0. The van der Waals surface area contributed by atoms with Gasteiger partial charge in [-0.3, -0.25) is 4.98 Å². The molecule has 1 aromatic carbocycles. The molecule has 0 fully saturated rings. The Morgan fingerprint density at radius 2 is 1.60 bits per heavy atom. The molecule has 2 heterocycles. The first-order chi connectivity index (χ1) is 16.5. The number of esters is 2. The lowest BCUT2D eigenvalue weighted by Crippen LogP contribution is -2.50. The van der Waals surface area contributed by atoms with Crippen molar-refractivity contribution in [2.24, 2.45) is 10.2 Å². The van der Waals surface area contributed by atoms with E-state index in [4.69, 9.17) is 18.9 Å². The summed E-state index contributed by atoms with van der Waals surface area (Å²) in [5.74, 6) is -1.53. The van der Waals surface area contributed by atoms with Crippen molar-refractivity contribution in [3.63, 3.8) is 0 Å². The van der Waals surface area contributed by atoms with Crippen molar-refractivity contribution in [1.82, 2.24) is 4.98 Å². The SMILES string of the molecule is COC(=O)[C@@]1(Cc2ccccc2)C[C@](C(=O)OC)([C@H](OC(=O)OC(C)(C)C)c2ccccn2)N=N1. The van der Waals surface area contributed by atoms with Gasteiger partial charge in [-0.25, -0.2) is 14.4 Å². The molecule has 1 aliphatic rings. The Morgan fingerprint density at radius 1 is 0.943 bits per heavy atom. The third kappa shape index (κ3) is 5.64. The zero-order valence-corrected chi connectivity index (χ0v) is 20.4. The number of pyridine rings is 1. The maximum atomic E-state index is 13.3. The maximum absolute atomic E-state index is 13.3. The number of rotatable bonds is 7. The van der Waals surface area contributed by atoms with Crippen LogP contribution in [0.4, 0.5) is 4.79 Å². The Bertz CT molecular complexity index is 1090. The van der Waals surface area contributed by atoms with E-state index in [-0.39, 0.29) is 18.5 Å². The first-order valence-electron chi connectivity index (χ1n) is 11.0. The summed E-state index contributed by atoms with van der Waals surface area (Å²) in [6.07, 6.45) is -1.13. The van der Waals surface area contributed by atoms with Gasteiger partial charge in [0.25, 0.3) is 0 Å². The Kier molecular flexibility index (Phi) is 7.52. The molecule has 10 nitrogen and oxygen atoms in total. The highest BCUT2D eigenvalue weighted by atomic mass is 16.7. The smallest absolute Gasteiger partial charge is 0.467 e. The Labute approximate surface area is 203 Å². The van der Waals surface area contributed by atoms with Crippen LogP contribution in [0.3, 0.4) is 0 Å². The number of benzene rings is 1. The molecule has 0 aliphatic carbocycles. The van der Waals surface area contributed by atoms with Crippen molar-refractivity contribution >= 4 is 18.1 Å². The van der Waals surface area contributed by atoms with E-state index < -0.39 is 40.9 Å². The van der Waals surface area contributed by atoms with Crippen LogP contribution in [0.1, 0.15) is 44.6 Å². The Balaban J connectivity index is 2.10. The van der Waals surface area contributed by atoms with Gasteiger partial charge in [0.15, 0.2) is 11.6 Å². The van der Waals surface area contributed by atoms with Crippen LogP contribution in [0, 0.1) is 0 Å². The lowest BCUT2D eigenvalue weighted by molar-refractivity contribution is -0.155. The highest BCUT2D eigenvalue weighted by Crippen LogP contribution is 2.47. The molecule has 35 heavy (non-hydrogen) atoms. The van der Waals surface area contributed by atoms with Crippen molar-refractivity contribution in [3.05, 3.63) is 66.0 Å². The van der Waals surface area contributed by atoms with Crippen LogP contribution in [0.25, 0.3) is 0 Å². The van der Waals surface area contributed by atoms with E-state index in [1.165, 1.54) is 20.4 Å². The topological polar surface area (TPSA) is 126 Å². The standard InChI is InChI=1S/C25H29N3O7/c1-23(2,3)35-22(31)34-19(18-13-9-10-14-26-18)25(21(30)33-5)16-24(27-28-25,20(29)32-4)15-17-11-7-6-8-12-17/h6-14,19H,15-16H2,1-5H3/t19-,24-,25-/m1/s1. The predicted octanol–water partition coefficient (Wildman–Crippen LogP) is 4.00. The molecule has 10 heteroatoms. The van der Waals surface area contributed by atoms with Gasteiger partial charge in [-0.1, -0.05) is 36.4 Å². The molecule has 0 N–H and O–H groups in total. The number of hydrogen-bond donors (Lipinski definition) is 0. The van der Waals surface area contributed by atoms with E-state index in [1.54, 1.807) is 39.0 Å². The molecule has 3 rings (SSSR count). The second-order valence-electron chi connectivity index (χ2n) is 9.20. The minimum Gasteiger partial charge on any atom is -0.467 e. The highest BCUT2D eigenvalue weighted by Gasteiger charge is 2.63. The molecular weight excluding hydrogens is 454 g/mol. The van der Waals surface area contributed by atoms with Gasteiger partial charge in [0.1, 0.15) is 5.60 Å². The van der Waals surface area contributed by atoms with E-state index in [1.807, 2.05) is 30.3 Å². The number of azo groups is 1. The van der Waals surface area contributed by atoms with Gasteiger partial charge in [0.2, 0.25) is 5.54 Å². The number of nitrogens with zero attached hydrogens (tertiary/aromatic N) is 3. The Morgan fingerprint density at radius 3 is 2.17 bits per heavy atom. The molecule has 0 amide bonds. The van der Waals surface area contributed by atoms with Crippen LogP contribution in [-0.2, 0) is 35.0 Å². The molecule has 0 saturated heterocycles. The molecule has 1 aliphatic heterocycles. The van der Waals surface area contributed by atoms with Gasteiger partial charge >= 0.3 is 18.1 Å². The zero-order chi connectivity index (χ0) is 25.7. The first-order valence-corrected chi connectivity index (χ1v) is 11.0. The molecule has 186 valence electrons. The van der Waals surface area contributed by atoms with E-state index in [0.29, 0.717) is 0 Å². The molecule has 1 aromatic heterocycles. The number of hydrogen-bond acceptors (Lipinski definition) is 10. The van der Waals surface area contributed by atoms with Gasteiger partial charge < -0.3 is 18.9 Å². The third-order valence-corrected chi connectivity index (χ3v) is 5.42. The molecule has 2 aromatic rings. The number of methoxy groups -OCH3 is 2. The predicted molar refractivity (Wildman–Crippen MR) is 123 cm³/mol. The summed E-state index contributed by atoms with van der Waals surface area (Å²) in [6.45, 7) is 5.03. The van der Waals surface area contributed by atoms with Crippen molar-refractivity contribution in [2.45, 2.75) is 56.4 Å². The van der Waals surface area contributed by atoms with Crippen LogP contribution in [0.2, 0.25) is 0 Å². The third-order valence-electron chi connectivity index (χ3n) is 5.42. The molecule has 0 radical (unpaired) electrons. The van der Waals surface area contributed by atoms with Crippen LogP contribution in [0.15, 0.2) is 65.0 Å². The van der Waals surface area contributed by atoms with Gasteiger partial charge in [-0.05, 0) is 38.5 Å². The average molecular weight is 484 g/mol. The maximum Gasteiger partial charge on any atom is 0.509 e. The number of aromatic nitrogens is 1. The minimum atomic E-state index is -1.91. The fraction of sp³-hybridized carbons (Fsp3) is 0.440. The summed E-state index contributed by atoms with van der Waals surface area (Å²) < 4.78 is 21.1. The van der Waals surface area contributed by atoms with Crippen LogP contribution < -0.4 is 0 Å². The van der Waals surface area contributed by atoms with E-state index >= 15 is 0 Å². The summed E-state index contributed by atoms with van der Waals surface area (Å²) in [5, 5.41) is 8.53. The van der Waals surface area contributed by atoms with E-state index in [9.17, 15) is 14.4 Å². The molecule has 0 bridgehead atoms. The van der Waals surface area contributed by atoms with Crippen LogP contribution in [0.5, 0.6) is 0 Å². The monoisotopic (exact) mass is 483 g/mol. The van der Waals surface area contributed by atoms with Crippen LogP contribution >= 0.6 is 0 Å². The number of carbonyl (C=O) groups excluding carboxylic acids is 3. The zero-order valence-electron chi connectivity index (χ0n) is 20.4. The largest absolute Gasteiger partial charge is 0.509 e. The van der Waals surface area contributed by atoms with E-state index in [2.05, 4.69) is 15.2 Å². The fourth-order valence-electron chi connectivity index (χ4n) is 3.95. The quantitative estimate of drug-likeness (QED) is 0.427. The fourth-order valence-corrected chi connectivity index (χ4v) is 3.95. The highest BCUT2D eigenvalue weighted by molar-refractivity contribution is 5.88. The van der Waals surface area contributed by atoms with Crippen molar-refractivity contribution in [3.8, 4) is 0 Å². The van der Waals surface area contributed by atoms with Crippen LogP contribution in [-0.4, -0.2) is 54.0 Å². The molecule has 0 spiro atoms. The normalized spacial score (nSPS) is 22.2. The summed E-state index contributed by atoms with van der Waals surface area (Å²) in [5.41, 5.74) is -3.34. The average Bonchev–Trinajstić information content (AvgIpc) is 3.23. The summed E-state index contributed by atoms with van der Waals surface area (Å²) in [4.78, 5) is 43.3. The number of carbonyl (C=O) groups is 3. The Hall–Kier alpha value is -3.82. The van der Waals surface area contributed by atoms with Gasteiger partial charge in [-0.2, -0.15) is 10.2 Å². The molecule has 0 unspecified atom stereocenters. The van der Waals surface area contributed by atoms with E-state index in [0.717, 1.165) is 5.56 Å². The van der Waals surface area contributed by atoms with Gasteiger partial charge in [0.05, 0.1) is 19.9 Å². The number of ether oxygens (including phenoxy) is 4. The molecular formula is C25H29N3O7. The summed E-state index contributed by atoms with van der Waals surface area (Å²) in [6, 6.07) is 14.0.